The highest BCUT2D eigenvalue weighted by atomic mass is 16.6. The van der Waals surface area contributed by atoms with E-state index in [2.05, 4.69) is 21.0 Å². The topological polar surface area (TPSA) is 81.9 Å². The maximum absolute atomic E-state index is 12.1. The summed E-state index contributed by atoms with van der Waals surface area (Å²) in [4.78, 5) is 17.3. The normalized spacial score (nSPS) is 10.5. The molecule has 0 saturated carbocycles. The minimum absolute atomic E-state index is 0.299. The number of nitrogens with zero attached hydrogens (tertiary/aromatic N) is 4. The smallest absolute Gasteiger partial charge is 0.269 e. The molecule has 1 amide bonds. The van der Waals surface area contributed by atoms with Crippen molar-refractivity contribution in [1.82, 2.24) is 25.7 Å². The van der Waals surface area contributed by atoms with Gasteiger partial charge in [0.15, 0.2) is 0 Å². The Labute approximate surface area is 132 Å². The molecule has 0 saturated heterocycles. The van der Waals surface area contributed by atoms with Crippen molar-refractivity contribution < 1.29 is 9.63 Å². The first-order chi connectivity index (χ1) is 11.2. The van der Waals surface area contributed by atoms with Crippen LogP contribution in [0.3, 0.4) is 0 Å². The van der Waals surface area contributed by atoms with Gasteiger partial charge >= 0.3 is 0 Å². The average molecular weight is 309 g/mol. The first-order valence-corrected chi connectivity index (χ1v) is 7.04. The van der Waals surface area contributed by atoms with Crippen LogP contribution in [0, 0.1) is 6.92 Å². The van der Waals surface area contributed by atoms with Gasteiger partial charge in [-0.15, -0.1) is 5.10 Å². The second kappa shape index (κ2) is 6.80. The summed E-state index contributed by atoms with van der Waals surface area (Å²) in [6.45, 7) is 2.20. The molecule has 7 nitrogen and oxygen atoms in total. The fourth-order valence-corrected chi connectivity index (χ4v) is 2.14. The van der Waals surface area contributed by atoms with Gasteiger partial charge in [-0.3, -0.25) is 9.63 Å². The molecule has 0 aliphatic heterocycles. The second-order valence-electron chi connectivity index (χ2n) is 4.96. The summed E-state index contributed by atoms with van der Waals surface area (Å²) >= 11 is 0. The highest BCUT2D eigenvalue weighted by molar-refractivity contribution is 5.93. The fraction of sp³-hybridized carbons (Fsp3) is 0.125. The molecule has 0 fully saturated rings. The third-order valence-corrected chi connectivity index (χ3v) is 3.30. The number of carbonyl (C=O) groups is 1. The van der Waals surface area contributed by atoms with Gasteiger partial charge in [-0.2, -0.15) is 0 Å². The minimum atomic E-state index is -0.299. The molecule has 7 heteroatoms. The van der Waals surface area contributed by atoms with E-state index in [9.17, 15) is 4.79 Å². The molecule has 23 heavy (non-hydrogen) atoms. The zero-order chi connectivity index (χ0) is 16.1. The van der Waals surface area contributed by atoms with Crippen molar-refractivity contribution in [1.29, 1.82) is 0 Å². The quantitative estimate of drug-likeness (QED) is 0.727. The van der Waals surface area contributed by atoms with Gasteiger partial charge in [0.1, 0.15) is 6.33 Å². The predicted octanol–water partition coefficient (Wildman–Crippen LogP) is 1.83. The summed E-state index contributed by atoms with van der Waals surface area (Å²) in [5.74, 6) is -0.299. The van der Waals surface area contributed by atoms with E-state index < -0.39 is 0 Å². The second-order valence-corrected chi connectivity index (χ2v) is 4.96. The van der Waals surface area contributed by atoms with Crippen LogP contribution in [0.1, 0.15) is 21.5 Å². The van der Waals surface area contributed by atoms with Gasteiger partial charge in [-0.05, 0) is 46.7 Å². The third kappa shape index (κ3) is 3.58. The number of hydrogen-bond donors (Lipinski definition) is 1. The Morgan fingerprint density at radius 2 is 2.04 bits per heavy atom. The lowest BCUT2D eigenvalue weighted by molar-refractivity contribution is 0.0233. The molecule has 1 N–H and O–H groups in total. The third-order valence-electron chi connectivity index (χ3n) is 3.30. The highest BCUT2D eigenvalue weighted by Crippen LogP contribution is 2.14. The van der Waals surface area contributed by atoms with E-state index in [1.165, 1.54) is 6.33 Å². The lowest BCUT2D eigenvalue weighted by Gasteiger charge is -2.09. The number of nitrogens with one attached hydrogen (secondary N) is 1. The number of benzene rings is 2. The van der Waals surface area contributed by atoms with Gasteiger partial charge in [-0.1, -0.05) is 30.3 Å². The molecule has 0 unspecified atom stereocenters. The van der Waals surface area contributed by atoms with E-state index in [1.54, 1.807) is 22.9 Å². The number of rotatable bonds is 5. The molecule has 0 bridgehead atoms. The monoisotopic (exact) mass is 309 g/mol. The van der Waals surface area contributed by atoms with Crippen LogP contribution in [0.25, 0.3) is 5.69 Å². The van der Waals surface area contributed by atoms with Crippen molar-refractivity contribution in [3.8, 4) is 5.69 Å². The van der Waals surface area contributed by atoms with Crippen molar-refractivity contribution >= 4 is 5.91 Å². The first kappa shape index (κ1) is 14.9. The average Bonchev–Trinajstić information content (AvgIpc) is 3.10. The number of carbonyl (C=O) groups excluding carboxylic acids is 1. The Morgan fingerprint density at radius 3 is 2.74 bits per heavy atom. The van der Waals surface area contributed by atoms with Gasteiger partial charge in [0.25, 0.3) is 5.91 Å². The summed E-state index contributed by atoms with van der Waals surface area (Å²) in [5.41, 5.74) is 5.63. The molecule has 0 aliphatic carbocycles. The van der Waals surface area contributed by atoms with Crippen molar-refractivity contribution in [2.24, 2.45) is 0 Å². The number of tetrazole rings is 1. The summed E-state index contributed by atoms with van der Waals surface area (Å²) in [7, 11) is 0. The molecule has 116 valence electrons. The number of aryl methyl sites for hydroxylation is 1. The maximum atomic E-state index is 12.1. The van der Waals surface area contributed by atoms with Crippen LogP contribution in [0.4, 0.5) is 0 Å². The minimum Gasteiger partial charge on any atom is -0.269 e. The molecule has 2 aromatic carbocycles. The molecule has 0 aliphatic rings. The van der Waals surface area contributed by atoms with Crippen LogP contribution in [-0.2, 0) is 11.4 Å². The van der Waals surface area contributed by atoms with E-state index in [0.717, 1.165) is 16.8 Å². The Hall–Kier alpha value is -3.06. The molecule has 1 aromatic heterocycles. The van der Waals surface area contributed by atoms with Gasteiger partial charge in [0.05, 0.1) is 12.3 Å². The Morgan fingerprint density at radius 1 is 1.22 bits per heavy atom. The van der Waals surface area contributed by atoms with Gasteiger partial charge in [0.2, 0.25) is 0 Å². The van der Waals surface area contributed by atoms with Crippen LogP contribution in [0.5, 0.6) is 0 Å². The van der Waals surface area contributed by atoms with Gasteiger partial charge in [-0.25, -0.2) is 10.2 Å². The molecule has 0 spiro atoms. The molecular formula is C16H15N5O2. The summed E-state index contributed by atoms with van der Waals surface area (Å²) in [6, 6.07) is 14.9. The van der Waals surface area contributed by atoms with E-state index >= 15 is 0 Å². The van der Waals surface area contributed by atoms with Gasteiger partial charge < -0.3 is 0 Å². The lowest BCUT2D eigenvalue weighted by atomic mass is 10.1. The molecule has 0 radical (unpaired) electrons. The van der Waals surface area contributed by atoms with Crippen molar-refractivity contribution in [2.45, 2.75) is 13.5 Å². The largest absolute Gasteiger partial charge is 0.274 e. The summed E-state index contributed by atoms with van der Waals surface area (Å²) in [5, 5.41) is 11.0. The van der Waals surface area contributed by atoms with E-state index in [4.69, 9.17) is 4.84 Å². The summed E-state index contributed by atoms with van der Waals surface area (Å²) < 4.78 is 1.54. The first-order valence-electron chi connectivity index (χ1n) is 7.04. The van der Waals surface area contributed by atoms with Crippen molar-refractivity contribution in [2.75, 3.05) is 0 Å². The lowest BCUT2D eigenvalue weighted by Crippen LogP contribution is -2.23. The molecule has 3 rings (SSSR count). The molecule has 0 atom stereocenters. The van der Waals surface area contributed by atoms with Crippen LogP contribution in [0.15, 0.2) is 54.9 Å². The Bertz CT molecular complexity index is 787. The fourth-order valence-electron chi connectivity index (χ4n) is 2.14. The predicted molar refractivity (Wildman–Crippen MR) is 82.6 cm³/mol. The number of hydrogen-bond acceptors (Lipinski definition) is 5. The van der Waals surface area contributed by atoms with E-state index in [-0.39, 0.29) is 5.91 Å². The SMILES string of the molecule is Cc1cc(C(=O)NOCc2ccccc2)ccc1-n1cnnn1. The van der Waals surface area contributed by atoms with Crippen molar-refractivity contribution in [3.63, 3.8) is 0 Å². The van der Waals surface area contributed by atoms with E-state index in [1.807, 2.05) is 37.3 Å². The van der Waals surface area contributed by atoms with Crippen LogP contribution < -0.4 is 5.48 Å². The highest BCUT2D eigenvalue weighted by Gasteiger charge is 2.09. The standard InChI is InChI=1S/C16H15N5O2/c1-12-9-14(7-8-15(12)21-11-17-19-20-21)16(22)18-23-10-13-5-3-2-4-6-13/h2-9,11H,10H2,1H3,(H,18,22). The van der Waals surface area contributed by atoms with Crippen LogP contribution >= 0.6 is 0 Å². The Kier molecular flexibility index (Phi) is 4.39. The number of amides is 1. The number of hydroxylamine groups is 1. The van der Waals surface area contributed by atoms with Crippen molar-refractivity contribution in [3.05, 3.63) is 71.5 Å². The number of aromatic nitrogens is 4. The zero-order valence-corrected chi connectivity index (χ0v) is 12.5. The molecule has 1 heterocycles. The summed E-state index contributed by atoms with van der Waals surface area (Å²) in [6.07, 6.45) is 1.51. The zero-order valence-electron chi connectivity index (χ0n) is 12.5. The molecular weight excluding hydrogens is 294 g/mol. The van der Waals surface area contributed by atoms with E-state index in [0.29, 0.717) is 12.2 Å². The Balaban J connectivity index is 1.62. The van der Waals surface area contributed by atoms with Crippen LogP contribution in [-0.4, -0.2) is 26.1 Å². The van der Waals surface area contributed by atoms with Crippen LogP contribution in [0.2, 0.25) is 0 Å². The maximum Gasteiger partial charge on any atom is 0.274 e. The van der Waals surface area contributed by atoms with Gasteiger partial charge in [0, 0.05) is 5.56 Å². The molecule has 3 aromatic rings.